The Kier molecular flexibility index (Phi) is 3.20. The molecule has 0 aliphatic carbocycles. The highest BCUT2D eigenvalue weighted by Gasteiger charge is 2.02. The van der Waals surface area contributed by atoms with E-state index in [-0.39, 0.29) is 0 Å². The molecule has 2 N–H and O–H groups in total. The van der Waals surface area contributed by atoms with Gasteiger partial charge >= 0.3 is 0 Å². The Morgan fingerprint density at radius 3 is 2.94 bits per heavy atom. The molecule has 0 saturated carbocycles. The van der Waals surface area contributed by atoms with Gasteiger partial charge in [-0.3, -0.25) is 0 Å². The minimum Gasteiger partial charge on any atom is -0.383 e. The van der Waals surface area contributed by atoms with Crippen molar-refractivity contribution in [3.63, 3.8) is 0 Å². The van der Waals surface area contributed by atoms with Crippen molar-refractivity contribution in [2.75, 3.05) is 5.73 Å². The highest BCUT2D eigenvalue weighted by molar-refractivity contribution is 5.81. The highest BCUT2D eigenvalue weighted by atomic mass is 14.8. The number of nitrogens with two attached hydrogens (primary N) is 1. The molecule has 0 saturated heterocycles. The summed E-state index contributed by atoms with van der Waals surface area (Å²) in [5.74, 6) is 0.655. The van der Waals surface area contributed by atoms with Crippen molar-refractivity contribution in [1.82, 2.24) is 4.98 Å². The maximum absolute atomic E-state index is 5.93. The van der Waals surface area contributed by atoms with Gasteiger partial charge in [0.2, 0.25) is 0 Å². The number of hydrogen-bond donors (Lipinski definition) is 1. The highest BCUT2D eigenvalue weighted by Crippen LogP contribution is 2.19. The Morgan fingerprint density at radius 1 is 1.31 bits per heavy atom. The number of allylic oxidation sites excluding steroid dienone is 1. The van der Waals surface area contributed by atoms with Gasteiger partial charge in [0.25, 0.3) is 0 Å². The van der Waals surface area contributed by atoms with Crippen LogP contribution >= 0.6 is 0 Å². The third-order valence-electron chi connectivity index (χ3n) is 2.69. The van der Waals surface area contributed by atoms with Crippen molar-refractivity contribution in [2.24, 2.45) is 0 Å². The van der Waals surface area contributed by atoms with Crippen LogP contribution in [0.1, 0.15) is 18.4 Å². The second kappa shape index (κ2) is 4.79. The molecule has 0 fully saturated rings. The van der Waals surface area contributed by atoms with E-state index >= 15 is 0 Å². The third kappa shape index (κ3) is 2.22. The summed E-state index contributed by atoms with van der Waals surface area (Å²) in [5.41, 5.74) is 8.04. The fourth-order valence-corrected chi connectivity index (χ4v) is 1.81. The number of rotatable bonds is 4. The normalized spacial score (nSPS) is 10.5. The fraction of sp³-hybridized carbons (Fsp3) is 0.214. The number of aryl methyl sites for hydroxylation is 1. The van der Waals surface area contributed by atoms with Crippen LogP contribution in [0.3, 0.4) is 0 Å². The number of anilines is 1. The van der Waals surface area contributed by atoms with Crippen molar-refractivity contribution in [2.45, 2.75) is 19.3 Å². The first kappa shape index (κ1) is 10.7. The van der Waals surface area contributed by atoms with Crippen LogP contribution in [0.4, 0.5) is 5.82 Å². The van der Waals surface area contributed by atoms with Crippen LogP contribution in [-0.2, 0) is 6.42 Å². The minimum atomic E-state index is 0.655. The lowest BCUT2D eigenvalue weighted by molar-refractivity contribution is 0.844. The topological polar surface area (TPSA) is 38.9 Å². The van der Waals surface area contributed by atoms with Gasteiger partial charge in [0.05, 0.1) is 5.52 Å². The average molecular weight is 212 g/mol. The standard InChI is InChI=1S/C14H16N2/c1-2-3-4-8-12-10-11-7-5-6-9-13(11)16-14(12)15/h2,5-7,9-10H,1,3-4,8H2,(H2,15,16). The van der Waals surface area contributed by atoms with E-state index in [2.05, 4.69) is 23.7 Å². The van der Waals surface area contributed by atoms with Gasteiger partial charge in [0.15, 0.2) is 0 Å². The zero-order chi connectivity index (χ0) is 11.4. The molecule has 82 valence electrons. The molecule has 0 unspecified atom stereocenters. The molecule has 0 aliphatic heterocycles. The molecular formula is C14H16N2. The van der Waals surface area contributed by atoms with Crippen LogP contribution in [0.15, 0.2) is 43.0 Å². The smallest absolute Gasteiger partial charge is 0.127 e. The number of pyridine rings is 1. The molecule has 2 rings (SSSR count). The number of aromatic nitrogens is 1. The van der Waals surface area contributed by atoms with Crippen molar-refractivity contribution < 1.29 is 0 Å². The Morgan fingerprint density at radius 2 is 2.12 bits per heavy atom. The number of nitrogens with zero attached hydrogens (tertiary/aromatic N) is 1. The second-order valence-electron chi connectivity index (χ2n) is 3.91. The Balaban J connectivity index is 2.30. The molecule has 1 heterocycles. The first-order valence-corrected chi connectivity index (χ1v) is 5.56. The molecule has 2 heteroatoms. The second-order valence-corrected chi connectivity index (χ2v) is 3.91. The summed E-state index contributed by atoms with van der Waals surface area (Å²) in [5, 5.41) is 1.16. The number of hydrogen-bond acceptors (Lipinski definition) is 2. The fourth-order valence-electron chi connectivity index (χ4n) is 1.81. The van der Waals surface area contributed by atoms with Crippen LogP contribution in [-0.4, -0.2) is 4.98 Å². The van der Waals surface area contributed by atoms with Crippen molar-refractivity contribution in [1.29, 1.82) is 0 Å². The molecule has 1 aromatic carbocycles. The molecular weight excluding hydrogens is 196 g/mol. The lowest BCUT2D eigenvalue weighted by atomic mass is 10.1. The molecule has 0 aliphatic rings. The molecule has 0 spiro atoms. The van der Waals surface area contributed by atoms with Crippen molar-refractivity contribution in [3.05, 3.63) is 48.6 Å². The summed E-state index contributed by atoms with van der Waals surface area (Å²) < 4.78 is 0. The number of unbranched alkanes of at least 4 members (excludes halogenated alkanes) is 1. The van der Waals surface area contributed by atoms with Gasteiger partial charge in [-0.25, -0.2) is 4.98 Å². The van der Waals surface area contributed by atoms with Gasteiger partial charge in [-0.05, 0) is 37.0 Å². The van der Waals surface area contributed by atoms with E-state index in [4.69, 9.17) is 5.73 Å². The first-order chi connectivity index (χ1) is 7.81. The molecule has 2 nitrogen and oxygen atoms in total. The van der Waals surface area contributed by atoms with E-state index < -0.39 is 0 Å². The maximum atomic E-state index is 5.93. The monoisotopic (exact) mass is 212 g/mol. The van der Waals surface area contributed by atoms with Crippen molar-refractivity contribution in [3.8, 4) is 0 Å². The van der Waals surface area contributed by atoms with Crippen LogP contribution in [0.2, 0.25) is 0 Å². The number of fused-ring (bicyclic) bond motifs is 1. The molecule has 0 bridgehead atoms. The average Bonchev–Trinajstić information content (AvgIpc) is 2.30. The Bertz CT molecular complexity index is 503. The predicted molar refractivity (Wildman–Crippen MR) is 69.3 cm³/mol. The van der Waals surface area contributed by atoms with Gasteiger partial charge in [-0.15, -0.1) is 6.58 Å². The van der Waals surface area contributed by atoms with Crippen LogP contribution in [0.25, 0.3) is 10.9 Å². The van der Waals surface area contributed by atoms with E-state index in [9.17, 15) is 0 Å². The number of para-hydroxylation sites is 1. The maximum Gasteiger partial charge on any atom is 0.127 e. The molecule has 16 heavy (non-hydrogen) atoms. The summed E-state index contributed by atoms with van der Waals surface area (Å²) in [7, 11) is 0. The van der Waals surface area contributed by atoms with Crippen LogP contribution < -0.4 is 5.73 Å². The van der Waals surface area contributed by atoms with E-state index in [1.54, 1.807) is 0 Å². The van der Waals surface area contributed by atoms with Gasteiger partial charge in [0.1, 0.15) is 5.82 Å². The molecule has 0 radical (unpaired) electrons. The number of benzene rings is 1. The minimum absolute atomic E-state index is 0.655. The Labute approximate surface area is 95.8 Å². The summed E-state index contributed by atoms with van der Waals surface area (Å²) in [6, 6.07) is 10.2. The van der Waals surface area contributed by atoms with E-state index in [1.807, 2.05) is 24.3 Å². The first-order valence-electron chi connectivity index (χ1n) is 5.56. The van der Waals surface area contributed by atoms with Crippen LogP contribution in [0, 0.1) is 0 Å². The summed E-state index contributed by atoms with van der Waals surface area (Å²) >= 11 is 0. The zero-order valence-corrected chi connectivity index (χ0v) is 9.32. The SMILES string of the molecule is C=CCCCc1cc2ccccc2nc1N. The van der Waals surface area contributed by atoms with Gasteiger partial charge in [-0.1, -0.05) is 24.3 Å². The van der Waals surface area contributed by atoms with Gasteiger partial charge in [-0.2, -0.15) is 0 Å². The predicted octanol–water partition coefficient (Wildman–Crippen LogP) is 3.33. The lowest BCUT2D eigenvalue weighted by Gasteiger charge is -2.06. The van der Waals surface area contributed by atoms with Crippen molar-refractivity contribution >= 4 is 16.7 Å². The van der Waals surface area contributed by atoms with E-state index in [1.165, 1.54) is 0 Å². The molecule has 0 amide bonds. The Hall–Kier alpha value is -1.83. The van der Waals surface area contributed by atoms with E-state index in [0.29, 0.717) is 5.82 Å². The summed E-state index contributed by atoms with van der Waals surface area (Å²) in [4.78, 5) is 4.41. The summed E-state index contributed by atoms with van der Waals surface area (Å²) in [6.07, 6.45) is 5.00. The number of nitrogen functional groups attached to an aromatic ring is 1. The quantitative estimate of drug-likeness (QED) is 0.623. The largest absolute Gasteiger partial charge is 0.383 e. The van der Waals surface area contributed by atoms with Crippen LogP contribution in [0.5, 0.6) is 0 Å². The van der Waals surface area contributed by atoms with Gasteiger partial charge in [0, 0.05) is 5.39 Å². The third-order valence-corrected chi connectivity index (χ3v) is 2.69. The van der Waals surface area contributed by atoms with Gasteiger partial charge < -0.3 is 5.73 Å². The molecule has 2 aromatic rings. The zero-order valence-electron chi connectivity index (χ0n) is 9.32. The molecule has 0 atom stereocenters. The van der Waals surface area contributed by atoms with E-state index in [0.717, 1.165) is 35.7 Å². The molecule has 1 aromatic heterocycles. The lowest BCUT2D eigenvalue weighted by Crippen LogP contribution is -1.98. The summed E-state index contributed by atoms with van der Waals surface area (Å²) in [6.45, 7) is 3.72.